The second kappa shape index (κ2) is 3.97. The van der Waals surface area contributed by atoms with Crippen molar-refractivity contribution in [2.45, 2.75) is 0 Å². The van der Waals surface area contributed by atoms with Gasteiger partial charge in [-0.2, -0.15) is 0 Å². The smallest absolute Gasteiger partial charge is 0.367 e. The predicted octanol–water partition coefficient (Wildman–Crippen LogP) is -1.43. The van der Waals surface area contributed by atoms with Crippen molar-refractivity contribution in [3.05, 3.63) is 0 Å². The quantitative estimate of drug-likeness (QED) is 0.517. The Morgan fingerprint density at radius 3 is 1.43 bits per heavy atom. The van der Waals surface area contributed by atoms with Crippen molar-refractivity contribution in [1.82, 2.24) is 0 Å². The van der Waals surface area contributed by atoms with Crippen LogP contribution >= 0.6 is 11.9 Å². The van der Waals surface area contributed by atoms with Crippen molar-refractivity contribution < 1.29 is 39.4 Å². The topological polar surface area (TPSA) is 69.9 Å². The van der Waals surface area contributed by atoms with Crippen LogP contribution in [0.3, 0.4) is 0 Å². The second-order valence-electron chi connectivity index (χ2n) is 0.651. The van der Waals surface area contributed by atoms with Crippen LogP contribution in [0.5, 0.6) is 0 Å². The first-order valence-electron chi connectivity index (χ1n) is 1.03. The summed E-state index contributed by atoms with van der Waals surface area (Å²) in [5.74, 6) is 0. The Bertz CT molecular complexity index is 41.4. The van der Waals surface area contributed by atoms with Gasteiger partial charge in [0.1, 0.15) is 0 Å². The SMILES string of the molecule is O[Si](O)(O)OCl.[Pt]. The molecule has 0 aromatic heterocycles. The first kappa shape index (κ1) is 10.9. The molecule has 0 bridgehead atoms. The third-order valence-corrected chi connectivity index (χ3v) is 0.932. The number of rotatable bonds is 1. The van der Waals surface area contributed by atoms with Gasteiger partial charge in [0.15, 0.2) is 0 Å². The van der Waals surface area contributed by atoms with Gasteiger partial charge in [-0.05, 0) is 0 Å². The Kier molecular flexibility index (Phi) is 6.19. The molecule has 0 aliphatic heterocycles. The molecular formula is H3ClO4PtSi. The summed E-state index contributed by atoms with van der Waals surface area (Å²) in [5, 5.41) is 0. The van der Waals surface area contributed by atoms with Gasteiger partial charge in [0.2, 0.25) is 0 Å². The van der Waals surface area contributed by atoms with Gasteiger partial charge < -0.3 is 14.4 Å². The van der Waals surface area contributed by atoms with E-state index in [4.69, 9.17) is 14.4 Å². The van der Waals surface area contributed by atoms with E-state index in [9.17, 15) is 0 Å². The van der Waals surface area contributed by atoms with Gasteiger partial charge in [0.25, 0.3) is 0 Å². The molecule has 0 rings (SSSR count). The minimum absolute atomic E-state index is 0. The largest absolute Gasteiger partial charge is 0.688 e. The maximum Gasteiger partial charge on any atom is 0.688 e. The zero-order valence-electron chi connectivity index (χ0n) is 2.94. The molecule has 0 saturated carbocycles. The van der Waals surface area contributed by atoms with Crippen LogP contribution in [0.1, 0.15) is 0 Å². The van der Waals surface area contributed by atoms with Gasteiger partial charge in [-0.1, -0.05) is 0 Å². The molecule has 0 aromatic carbocycles. The van der Waals surface area contributed by atoms with E-state index in [2.05, 4.69) is 15.8 Å². The van der Waals surface area contributed by atoms with E-state index < -0.39 is 9.05 Å². The van der Waals surface area contributed by atoms with E-state index in [-0.39, 0.29) is 21.1 Å². The summed E-state index contributed by atoms with van der Waals surface area (Å²) >= 11 is 4.29. The zero-order valence-corrected chi connectivity index (χ0v) is 6.97. The van der Waals surface area contributed by atoms with E-state index in [1.165, 1.54) is 0 Å². The summed E-state index contributed by atoms with van der Waals surface area (Å²) in [4.78, 5) is 23.2. The molecule has 4 nitrogen and oxygen atoms in total. The number of hydrogen-bond donors (Lipinski definition) is 3. The average Bonchev–Trinajstić information content (AvgIpc) is 1.35. The predicted molar refractivity (Wildman–Crippen MR) is 19.3 cm³/mol. The van der Waals surface area contributed by atoms with Crippen LogP contribution in [0, 0.1) is 0 Å². The third-order valence-electron chi connectivity index (χ3n) is 0.104. The van der Waals surface area contributed by atoms with Crippen LogP contribution < -0.4 is 0 Å². The third kappa shape index (κ3) is 11.0. The van der Waals surface area contributed by atoms with Crippen LogP contribution in [-0.4, -0.2) is 23.4 Å². The molecule has 48 valence electrons. The van der Waals surface area contributed by atoms with Gasteiger partial charge in [-0.25, -0.2) is 3.98 Å². The monoisotopic (exact) mass is 325 g/mol. The summed E-state index contributed by atoms with van der Waals surface area (Å²) < 4.78 is 3.22. The van der Waals surface area contributed by atoms with Gasteiger partial charge in [-0.3, -0.25) is 0 Å². The fraction of sp³-hybridized carbons (Fsp3) is 0. The molecule has 0 radical (unpaired) electrons. The van der Waals surface area contributed by atoms with Crippen LogP contribution in [0.2, 0.25) is 0 Å². The van der Waals surface area contributed by atoms with Gasteiger partial charge in [-0.15, -0.1) is 0 Å². The Balaban J connectivity index is 0. The van der Waals surface area contributed by atoms with Gasteiger partial charge in [0.05, 0.1) is 11.9 Å². The van der Waals surface area contributed by atoms with Crippen LogP contribution in [-0.2, 0) is 25.0 Å². The van der Waals surface area contributed by atoms with Crippen molar-refractivity contribution in [1.29, 1.82) is 0 Å². The number of halogens is 1. The molecule has 0 amide bonds. The first-order chi connectivity index (χ1) is 2.56. The summed E-state index contributed by atoms with van der Waals surface area (Å²) in [6.07, 6.45) is 0. The molecular weight excluding hydrogens is 323 g/mol. The van der Waals surface area contributed by atoms with Crippen molar-refractivity contribution in [2.24, 2.45) is 0 Å². The standard InChI is InChI=1S/ClH3O4Si.Pt/c1-5-6(2,3)4;/h2-4H;. The molecule has 7 heavy (non-hydrogen) atoms. The van der Waals surface area contributed by atoms with E-state index in [1.807, 2.05) is 0 Å². The van der Waals surface area contributed by atoms with E-state index in [0.717, 1.165) is 0 Å². The second-order valence-corrected chi connectivity index (χ2v) is 2.42. The normalized spacial score (nSPS) is 10.3. The Morgan fingerprint density at radius 1 is 1.29 bits per heavy atom. The maximum absolute atomic E-state index is 7.72. The molecule has 0 fully saturated rings. The van der Waals surface area contributed by atoms with Gasteiger partial charge >= 0.3 is 9.05 Å². The van der Waals surface area contributed by atoms with Crippen molar-refractivity contribution >= 4 is 20.9 Å². The first-order valence-corrected chi connectivity index (χ1v) is 3.09. The summed E-state index contributed by atoms with van der Waals surface area (Å²) in [6.45, 7) is 0. The molecule has 7 heteroatoms. The molecule has 0 aromatic rings. The molecule has 0 aliphatic rings. The maximum atomic E-state index is 7.72. The molecule has 3 N–H and O–H groups in total. The molecule has 0 aliphatic carbocycles. The van der Waals surface area contributed by atoms with Crippen LogP contribution in [0.15, 0.2) is 0 Å². The van der Waals surface area contributed by atoms with Crippen LogP contribution in [0.4, 0.5) is 0 Å². The Morgan fingerprint density at radius 2 is 1.43 bits per heavy atom. The van der Waals surface area contributed by atoms with E-state index >= 15 is 0 Å². The van der Waals surface area contributed by atoms with Crippen LogP contribution in [0.25, 0.3) is 0 Å². The molecule has 0 unspecified atom stereocenters. The van der Waals surface area contributed by atoms with E-state index in [0.29, 0.717) is 0 Å². The number of hydrogen-bond acceptors (Lipinski definition) is 4. The fourth-order valence-corrected chi connectivity index (χ4v) is 0. The average molecular weight is 326 g/mol. The zero-order chi connectivity index (χ0) is 5.21. The minimum Gasteiger partial charge on any atom is -0.367 e. The van der Waals surface area contributed by atoms with Crippen molar-refractivity contribution in [3.8, 4) is 0 Å². The van der Waals surface area contributed by atoms with Gasteiger partial charge in [0, 0.05) is 21.1 Å². The molecule has 0 saturated heterocycles. The molecule has 0 heterocycles. The summed E-state index contributed by atoms with van der Waals surface area (Å²) in [6, 6.07) is 0. The minimum atomic E-state index is -4.37. The molecule has 0 spiro atoms. The van der Waals surface area contributed by atoms with E-state index in [1.54, 1.807) is 0 Å². The Hall–Kier alpha value is 1.04. The Labute approximate surface area is 60.6 Å². The van der Waals surface area contributed by atoms with Crippen molar-refractivity contribution in [3.63, 3.8) is 0 Å². The fourth-order valence-electron chi connectivity index (χ4n) is 0. The van der Waals surface area contributed by atoms with Crippen molar-refractivity contribution in [2.75, 3.05) is 0 Å². The molecule has 0 atom stereocenters. The summed E-state index contributed by atoms with van der Waals surface area (Å²) in [5.41, 5.74) is 0. The summed E-state index contributed by atoms with van der Waals surface area (Å²) in [7, 11) is -4.37.